The molecule has 7 nitrogen and oxygen atoms in total. The molecule has 18 heavy (non-hydrogen) atoms. The molecule has 1 aliphatic rings. The lowest BCUT2D eigenvalue weighted by molar-refractivity contribution is -0.402. The molecule has 98 valence electrons. The van der Waals surface area contributed by atoms with Gasteiger partial charge in [0.05, 0.1) is 18.2 Å². The van der Waals surface area contributed by atoms with Crippen molar-refractivity contribution in [2.75, 3.05) is 6.61 Å². The summed E-state index contributed by atoms with van der Waals surface area (Å²) in [7, 11) is 0. The second kappa shape index (κ2) is 4.41. The normalized spacial score (nSPS) is 18.1. The number of furan rings is 1. The molecule has 1 saturated carbocycles. The molecule has 2 N–H and O–H groups in total. The summed E-state index contributed by atoms with van der Waals surface area (Å²) >= 11 is 0. The molecule has 0 bridgehead atoms. The molecule has 1 heterocycles. The lowest BCUT2D eigenvalue weighted by Gasteiger charge is -2.28. The minimum Gasteiger partial charge on any atom is -0.395 e. The van der Waals surface area contributed by atoms with Crippen LogP contribution in [0.1, 0.15) is 30.3 Å². The molecule has 1 amide bonds. The number of amides is 1. The first-order valence-electron chi connectivity index (χ1n) is 5.64. The van der Waals surface area contributed by atoms with Gasteiger partial charge in [-0.2, -0.15) is 0 Å². The highest BCUT2D eigenvalue weighted by atomic mass is 16.6. The second-order valence-corrected chi connectivity index (χ2v) is 4.70. The third-order valence-corrected chi connectivity index (χ3v) is 3.20. The van der Waals surface area contributed by atoms with Crippen LogP contribution >= 0.6 is 0 Å². The maximum absolute atomic E-state index is 11.8. The number of hydrogen-bond donors (Lipinski definition) is 2. The van der Waals surface area contributed by atoms with Crippen molar-refractivity contribution < 1.29 is 19.2 Å². The Morgan fingerprint density at radius 3 is 2.78 bits per heavy atom. The average molecular weight is 254 g/mol. The molecule has 0 saturated heterocycles. The molecule has 7 heteroatoms. The van der Waals surface area contributed by atoms with Gasteiger partial charge in [0.1, 0.15) is 4.92 Å². The van der Waals surface area contributed by atoms with Crippen molar-refractivity contribution in [3.8, 4) is 0 Å². The van der Waals surface area contributed by atoms with Crippen molar-refractivity contribution in [1.82, 2.24) is 5.32 Å². The van der Waals surface area contributed by atoms with E-state index in [9.17, 15) is 20.0 Å². The van der Waals surface area contributed by atoms with E-state index in [0.29, 0.717) is 0 Å². The SMILES string of the molecule is CC(CO)(NC(=O)c1ccc([N+](=O)[O-])o1)C1CC1. The molecule has 1 unspecified atom stereocenters. The number of rotatable bonds is 5. The van der Waals surface area contributed by atoms with Crippen molar-refractivity contribution >= 4 is 11.8 Å². The summed E-state index contributed by atoms with van der Waals surface area (Å²) in [5.41, 5.74) is -0.696. The van der Waals surface area contributed by atoms with Crippen molar-refractivity contribution in [3.05, 3.63) is 28.0 Å². The predicted molar refractivity (Wildman–Crippen MR) is 61.0 cm³/mol. The van der Waals surface area contributed by atoms with Crippen LogP contribution in [0, 0.1) is 16.0 Å². The lowest BCUT2D eigenvalue weighted by atomic mass is 9.97. The van der Waals surface area contributed by atoms with Crippen LogP contribution in [0.5, 0.6) is 0 Å². The highest BCUT2D eigenvalue weighted by molar-refractivity contribution is 5.92. The lowest BCUT2D eigenvalue weighted by Crippen LogP contribution is -2.50. The summed E-state index contributed by atoms with van der Waals surface area (Å²) in [5, 5.41) is 22.4. The van der Waals surface area contributed by atoms with E-state index in [2.05, 4.69) is 5.32 Å². The third kappa shape index (κ3) is 2.35. The van der Waals surface area contributed by atoms with Gasteiger partial charge >= 0.3 is 5.88 Å². The standard InChI is InChI=1S/C11H14N2O5/c1-11(6-14,7-2-3-7)12-10(15)8-4-5-9(18-8)13(16)17/h4-5,7,14H,2-3,6H2,1H3,(H,12,15). The Bertz CT molecular complexity index is 480. The summed E-state index contributed by atoms with van der Waals surface area (Å²) < 4.78 is 4.80. The van der Waals surface area contributed by atoms with Crippen molar-refractivity contribution in [2.45, 2.75) is 25.3 Å². The average Bonchev–Trinajstić information content (AvgIpc) is 3.06. The third-order valence-electron chi connectivity index (χ3n) is 3.20. The smallest absolute Gasteiger partial charge is 0.395 e. The molecule has 0 spiro atoms. The van der Waals surface area contributed by atoms with Crippen molar-refractivity contribution in [1.29, 1.82) is 0 Å². The summed E-state index contributed by atoms with van der Waals surface area (Å²) in [5.74, 6) is -0.901. The minimum absolute atomic E-state index is 0.123. The van der Waals surface area contributed by atoms with E-state index in [1.54, 1.807) is 6.92 Å². The molecule has 1 aliphatic carbocycles. The molecule has 0 aliphatic heterocycles. The topological polar surface area (TPSA) is 106 Å². The van der Waals surface area contributed by atoms with Crippen LogP contribution in [0.25, 0.3) is 0 Å². The second-order valence-electron chi connectivity index (χ2n) is 4.70. The van der Waals surface area contributed by atoms with Gasteiger partial charge in [-0.1, -0.05) is 0 Å². The predicted octanol–water partition coefficient (Wildman–Crippen LogP) is 1.08. The highest BCUT2D eigenvalue weighted by Gasteiger charge is 2.42. The zero-order valence-electron chi connectivity index (χ0n) is 9.88. The number of aliphatic hydroxyl groups excluding tert-OH is 1. The number of carbonyl (C=O) groups excluding carboxylic acids is 1. The largest absolute Gasteiger partial charge is 0.433 e. The highest BCUT2D eigenvalue weighted by Crippen LogP contribution is 2.39. The zero-order valence-corrected chi connectivity index (χ0v) is 9.88. The number of hydrogen-bond acceptors (Lipinski definition) is 5. The zero-order chi connectivity index (χ0) is 13.3. The Balaban J connectivity index is 2.08. The van der Waals surface area contributed by atoms with E-state index < -0.39 is 22.3 Å². The Morgan fingerprint density at radius 2 is 2.33 bits per heavy atom. The van der Waals surface area contributed by atoms with Gasteiger partial charge in [0.2, 0.25) is 0 Å². The molecule has 2 rings (SSSR count). The van der Waals surface area contributed by atoms with Crippen LogP contribution in [-0.2, 0) is 0 Å². The first-order chi connectivity index (χ1) is 8.46. The van der Waals surface area contributed by atoms with Crippen LogP contribution in [0.3, 0.4) is 0 Å². The number of carbonyl (C=O) groups is 1. The van der Waals surface area contributed by atoms with E-state index >= 15 is 0 Å². The fourth-order valence-electron chi connectivity index (χ4n) is 1.86. The van der Waals surface area contributed by atoms with Crippen LogP contribution in [0.15, 0.2) is 16.5 Å². The molecule has 1 aromatic rings. The maximum atomic E-state index is 11.8. The van der Waals surface area contributed by atoms with Gasteiger partial charge in [-0.3, -0.25) is 14.9 Å². The molecule has 0 radical (unpaired) electrons. The van der Waals surface area contributed by atoms with Crippen LogP contribution in [0.2, 0.25) is 0 Å². The van der Waals surface area contributed by atoms with Gasteiger partial charge < -0.3 is 14.8 Å². The van der Waals surface area contributed by atoms with Gasteiger partial charge in [-0.05, 0) is 31.7 Å². The fourth-order valence-corrected chi connectivity index (χ4v) is 1.86. The van der Waals surface area contributed by atoms with E-state index in [1.165, 1.54) is 6.07 Å². The van der Waals surface area contributed by atoms with Gasteiger partial charge in [0.25, 0.3) is 5.91 Å². The van der Waals surface area contributed by atoms with Crippen LogP contribution < -0.4 is 5.32 Å². The molecular formula is C11H14N2O5. The molecule has 1 fully saturated rings. The maximum Gasteiger partial charge on any atom is 0.433 e. The fraction of sp³-hybridized carbons (Fsp3) is 0.545. The van der Waals surface area contributed by atoms with Gasteiger partial charge in [-0.15, -0.1) is 0 Å². The van der Waals surface area contributed by atoms with Gasteiger partial charge in [0, 0.05) is 0 Å². The Hall–Kier alpha value is -1.89. The first kappa shape index (κ1) is 12.6. The van der Waals surface area contributed by atoms with Gasteiger partial charge in [-0.25, -0.2) is 0 Å². The Kier molecular flexibility index (Phi) is 3.08. The number of aliphatic hydroxyl groups is 1. The van der Waals surface area contributed by atoms with E-state index in [-0.39, 0.29) is 18.3 Å². The Morgan fingerprint density at radius 1 is 1.67 bits per heavy atom. The summed E-state index contributed by atoms with van der Waals surface area (Å²) in [4.78, 5) is 21.6. The van der Waals surface area contributed by atoms with Crippen molar-refractivity contribution in [3.63, 3.8) is 0 Å². The van der Waals surface area contributed by atoms with Gasteiger partial charge in [0.15, 0.2) is 5.76 Å². The number of nitrogens with one attached hydrogen (secondary N) is 1. The quantitative estimate of drug-likeness (QED) is 0.604. The van der Waals surface area contributed by atoms with Crippen LogP contribution in [-0.4, -0.2) is 28.1 Å². The van der Waals surface area contributed by atoms with E-state index in [0.717, 1.165) is 18.9 Å². The monoisotopic (exact) mass is 254 g/mol. The minimum atomic E-state index is -0.705. The molecular weight excluding hydrogens is 240 g/mol. The molecule has 1 atom stereocenters. The molecule has 0 aromatic carbocycles. The van der Waals surface area contributed by atoms with E-state index in [1.807, 2.05) is 0 Å². The number of nitrogens with zero attached hydrogens (tertiary/aromatic N) is 1. The molecule has 1 aromatic heterocycles. The summed E-state index contributed by atoms with van der Waals surface area (Å²) in [6.45, 7) is 1.58. The first-order valence-corrected chi connectivity index (χ1v) is 5.64. The number of nitro groups is 1. The van der Waals surface area contributed by atoms with Crippen molar-refractivity contribution in [2.24, 2.45) is 5.92 Å². The van der Waals surface area contributed by atoms with E-state index in [4.69, 9.17) is 4.42 Å². The summed E-state index contributed by atoms with van der Waals surface area (Å²) in [6.07, 6.45) is 1.91. The summed E-state index contributed by atoms with van der Waals surface area (Å²) in [6, 6.07) is 2.38. The Labute approximate surface area is 103 Å². The van der Waals surface area contributed by atoms with Crippen LogP contribution in [0.4, 0.5) is 5.88 Å².